The fourth-order valence-electron chi connectivity index (χ4n) is 4.33. The second-order valence-corrected chi connectivity index (χ2v) is 8.60. The van der Waals surface area contributed by atoms with Gasteiger partial charge in [0.2, 0.25) is 5.91 Å². The maximum Gasteiger partial charge on any atom is 0.239 e. The highest BCUT2D eigenvalue weighted by molar-refractivity contribution is 6.31. The number of hydrogen-bond donors (Lipinski definition) is 4. The highest BCUT2D eigenvalue weighted by atomic mass is 16.5. The molecule has 10 heteroatoms. The molecule has 0 saturated heterocycles. The molecule has 1 atom stereocenters. The largest absolute Gasteiger partial charge is 0.507 e. The van der Waals surface area contributed by atoms with E-state index in [0.29, 0.717) is 5.76 Å². The zero-order chi connectivity index (χ0) is 25.7. The number of Topliss-reactive ketones (excluding diaryl/α,β-unsaturated/α-hetero) is 2. The molecule has 0 radical (unpaired) electrons. The van der Waals surface area contributed by atoms with Gasteiger partial charge in [0.05, 0.1) is 30.5 Å². The first kappa shape index (κ1) is 23.8. The van der Waals surface area contributed by atoms with E-state index in [1.807, 2.05) is 0 Å². The fraction of sp³-hybridized carbons (Fsp3) is 0.280. The number of allylic oxidation sites excluding steroid dienone is 4. The van der Waals surface area contributed by atoms with Gasteiger partial charge < -0.3 is 30.0 Å². The number of fused-ring (bicyclic) bond motifs is 3. The molecule has 2 aliphatic rings. The topological polar surface area (TPSA) is 155 Å². The molecule has 0 unspecified atom stereocenters. The summed E-state index contributed by atoms with van der Waals surface area (Å²) < 4.78 is 10.9. The highest BCUT2D eigenvalue weighted by Crippen LogP contribution is 2.57. The van der Waals surface area contributed by atoms with E-state index in [0.717, 1.165) is 6.08 Å². The first-order valence-electron chi connectivity index (χ1n) is 10.8. The summed E-state index contributed by atoms with van der Waals surface area (Å²) in [5.41, 5.74) is -1.82. The Morgan fingerprint density at radius 1 is 1.11 bits per heavy atom. The fourth-order valence-corrected chi connectivity index (χ4v) is 4.33. The van der Waals surface area contributed by atoms with Crippen molar-refractivity contribution in [3.05, 3.63) is 64.0 Å². The Bertz CT molecular complexity index is 1350. The van der Waals surface area contributed by atoms with Gasteiger partial charge in [0, 0.05) is 17.3 Å². The summed E-state index contributed by atoms with van der Waals surface area (Å²) in [6.07, 6.45) is 2.61. The van der Waals surface area contributed by atoms with Crippen molar-refractivity contribution in [2.45, 2.75) is 39.7 Å². The Labute approximate surface area is 200 Å². The van der Waals surface area contributed by atoms with E-state index in [9.17, 15) is 29.4 Å². The summed E-state index contributed by atoms with van der Waals surface area (Å²) in [5.74, 6) is -2.74. The Balaban J connectivity index is 1.67. The molecule has 1 aliphatic heterocycles. The van der Waals surface area contributed by atoms with Crippen LogP contribution in [0.15, 0.2) is 45.9 Å². The molecular formula is C25H24N2O8. The van der Waals surface area contributed by atoms with Gasteiger partial charge in [-0.15, -0.1) is 0 Å². The van der Waals surface area contributed by atoms with E-state index in [1.54, 1.807) is 12.1 Å². The van der Waals surface area contributed by atoms with Gasteiger partial charge in [0.15, 0.2) is 17.3 Å². The highest BCUT2D eigenvalue weighted by Gasteiger charge is 2.56. The average Bonchev–Trinajstić information content (AvgIpc) is 3.41. The summed E-state index contributed by atoms with van der Waals surface area (Å²) in [5, 5.41) is 26.7. The monoisotopic (exact) mass is 480 g/mol. The molecule has 1 aliphatic carbocycles. The standard InChI is InChI=1S/C25H24N2O8/c1-11-21(31)19(13(3)28)23-20(22(11)32)25(4)16(35-23)8-15(29)18(24(25)33)12(2)26-10-17(30)27-9-14-6-5-7-34-14/h5-8,26,31-32H,9-10H2,1-4H3,(H,27,30)/t25-/m0/s1. The second-order valence-electron chi connectivity index (χ2n) is 8.60. The quantitative estimate of drug-likeness (QED) is 0.276. The van der Waals surface area contributed by atoms with Crippen LogP contribution in [0.2, 0.25) is 0 Å². The molecule has 35 heavy (non-hydrogen) atoms. The van der Waals surface area contributed by atoms with Crippen LogP contribution in [0.3, 0.4) is 0 Å². The molecule has 4 N–H and O–H groups in total. The Morgan fingerprint density at radius 3 is 2.46 bits per heavy atom. The van der Waals surface area contributed by atoms with Crippen molar-refractivity contribution in [2.75, 3.05) is 6.54 Å². The Morgan fingerprint density at radius 2 is 1.83 bits per heavy atom. The number of phenols is 2. The van der Waals surface area contributed by atoms with Crippen LogP contribution in [0.4, 0.5) is 0 Å². The lowest BCUT2D eigenvalue weighted by Crippen LogP contribution is -2.42. The zero-order valence-corrected chi connectivity index (χ0v) is 19.6. The number of furan rings is 1. The van der Waals surface area contributed by atoms with Crippen molar-refractivity contribution in [1.82, 2.24) is 10.6 Å². The van der Waals surface area contributed by atoms with Gasteiger partial charge in [-0.25, -0.2) is 0 Å². The summed E-state index contributed by atoms with van der Waals surface area (Å²) in [6, 6.07) is 3.41. The van der Waals surface area contributed by atoms with Gasteiger partial charge in [-0.05, 0) is 39.8 Å². The van der Waals surface area contributed by atoms with Gasteiger partial charge >= 0.3 is 0 Å². The smallest absolute Gasteiger partial charge is 0.239 e. The molecule has 0 fully saturated rings. The number of phenolic OH excluding ortho intramolecular Hbond substituents is 2. The minimum atomic E-state index is -1.62. The van der Waals surface area contributed by atoms with Crippen LogP contribution in [-0.4, -0.2) is 40.0 Å². The molecule has 10 nitrogen and oxygen atoms in total. The minimum absolute atomic E-state index is 0.00300. The molecule has 182 valence electrons. The number of carbonyl (C=O) groups excluding carboxylic acids is 4. The maximum atomic E-state index is 13.7. The van der Waals surface area contributed by atoms with E-state index in [1.165, 1.54) is 34.0 Å². The van der Waals surface area contributed by atoms with Crippen molar-refractivity contribution >= 4 is 23.3 Å². The number of amides is 1. The van der Waals surface area contributed by atoms with Gasteiger partial charge in [-0.3, -0.25) is 19.2 Å². The number of aromatic hydroxyl groups is 2. The number of ether oxygens (including phenoxy) is 1. The lowest BCUT2D eigenvalue weighted by Gasteiger charge is -2.29. The third kappa shape index (κ3) is 3.67. The molecule has 1 aromatic heterocycles. The molecule has 4 rings (SSSR count). The number of nitrogens with one attached hydrogen (secondary N) is 2. The van der Waals surface area contributed by atoms with E-state index in [2.05, 4.69) is 10.6 Å². The van der Waals surface area contributed by atoms with Crippen LogP contribution >= 0.6 is 0 Å². The second kappa shape index (κ2) is 8.46. The molecular weight excluding hydrogens is 456 g/mol. The summed E-state index contributed by atoms with van der Waals surface area (Å²) in [7, 11) is 0. The van der Waals surface area contributed by atoms with Gasteiger partial charge in [0.25, 0.3) is 0 Å². The van der Waals surface area contributed by atoms with Crippen LogP contribution in [0.5, 0.6) is 17.2 Å². The van der Waals surface area contributed by atoms with Crippen molar-refractivity contribution < 1.29 is 38.5 Å². The van der Waals surface area contributed by atoms with Crippen LogP contribution < -0.4 is 15.4 Å². The molecule has 2 aromatic rings. The van der Waals surface area contributed by atoms with Gasteiger partial charge in [-0.1, -0.05) is 0 Å². The van der Waals surface area contributed by atoms with E-state index < -0.39 is 34.3 Å². The molecule has 0 spiro atoms. The third-order valence-corrected chi connectivity index (χ3v) is 6.31. The lowest BCUT2D eigenvalue weighted by molar-refractivity contribution is -0.124. The van der Waals surface area contributed by atoms with Crippen LogP contribution in [-0.2, 0) is 26.3 Å². The number of ketones is 3. The van der Waals surface area contributed by atoms with Crippen LogP contribution in [0.25, 0.3) is 0 Å². The van der Waals surface area contributed by atoms with Gasteiger partial charge in [0.1, 0.15) is 39.7 Å². The predicted molar refractivity (Wildman–Crippen MR) is 122 cm³/mol. The molecule has 1 amide bonds. The molecule has 0 bridgehead atoms. The van der Waals surface area contributed by atoms with Crippen molar-refractivity contribution in [2.24, 2.45) is 0 Å². The molecule has 1 aromatic carbocycles. The summed E-state index contributed by atoms with van der Waals surface area (Å²) >= 11 is 0. The van der Waals surface area contributed by atoms with Crippen molar-refractivity contribution in [3.8, 4) is 17.2 Å². The zero-order valence-electron chi connectivity index (χ0n) is 19.6. The molecule has 2 heterocycles. The van der Waals surface area contributed by atoms with Gasteiger partial charge in [-0.2, -0.15) is 0 Å². The summed E-state index contributed by atoms with van der Waals surface area (Å²) in [4.78, 5) is 51.0. The normalized spacial score (nSPS) is 19.9. The SMILES string of the molecule is CC(=O)c1c(O)c(C)c(O)c2c1OC1=CC(=O)C(=C(C)NCC(=O)NCc3ccco3)C(=O)[C@@]12C. The van der Waals surface area contributed by atoms with Crippen LogP contribution in [0.1, 0.15) is 48.0 Å². The number of rotatable bonds is 6. The lowest BCUT2D eigenvalue weighted by atomic mass is 9.70. The number of hydrogen-bond acceptors (Lipinski definition) is 9. The first-order valence-corrected chi connectivity index (χ1v) is 10.8. The summed E-state index contributed by atoms with van der Waals surface area (Å²) in [6.45, 7) is 5.58. The third-order valence-electron chi connectivity index (χ3n) is 6.31. The van der Waals surface area contributed by atoms with Crippen molar-refractivity contribution in [3.63, 3.8) is 0 Å². The minimum Gasteiger partial charge on any atom is -0.507 e. The Hall–Kier alpha value is -4.34. The van der Waals surface area contributed by atoms with Crippen LogP contribution in [0, 0.1) is 6.92 Å². The van der Waals surface area contributed by atoms with E-state index in [4.69, 9.17) is 9.15 Å². The van der Waals surface area contributed by atoms with E-state index >= 15 is 0 Å². The number of benzene rings is 1. The van der Waals surface area contributed by atoms with Crippen molar-refractivity contribution in [1.29, 1.82) is 0 Å². The number of carbonyl (C=O) groups is 4. The average molecular weight is 480 g/mol. The molecule has 0 saturated carbocycles. The van der Waals surface area contributed by atoms with E-state index in [-0.39, 0.29) is 58.5 Å². The Kier molecular flexibility index (Phi) is 5.75. The predicted octanol–water partition coefficient (Wildman–Crippen LogP) is 2.07. The first-order chi connectivity index (χ1) is 16.5. The maximum absolute atomic E-state index is 13.7.